The van der Waals surface area contributed by atoms with E-state index in [1.165, 1.54) is 4.31 Å². The molecule has 1 aromatic carbocycles. The zero-order valence-electron chi connectivity index (χ0n) is 17.3. The molecule has 0 saturated carbocycles. The normalized spacial score (nSPS) is 16.1. The molecule has 7 heteroatoms. The number of rotatable bonds is 7. The highest BCUT2D eigenvalue weighted by atomic mass is 32.2. The van der Waals surface area contributed by atoms with Gasteiger partial charge < -0.3 is 9.80 Å². The molecule has 1 saturated heterocycles. The summed E-state index contributed by atoms with van der Waals surface area (Å²) < 4.78 is 27.8. The second-order valence-corrected chi connectivity index (χ2v) is 9.16. The molecule has 0 bridgehead atoms. The fourth-order valence-corrected chi connectivity index (χ4v) is 5.67. The molecule has 0 aliphatic carbocycles. The topological polar surface area (TPSA) is 60.9 Å². The van der Waals surface area contributed by atoms with Crippen molar-refractivity contribution in [1.82, 2.24) is 14.1 Å². The van der Waals surface area contributed by atoms with Crippen molar-refractivity contribution in [3.05, 3.63) is 28.8 Å². The van der Waals surface area contributed by atoms with Crippen LogP contribution >= 0.6 is 0 Å². The molecule has 0 atom stereocenters. The summed E-state index contributed by atoms with van der Waals surface area (Å²) in [5.41, 5.74) is 2.63. The van der Waals surface area contributed by atoms with E-state index < -0.39 is 10.0 Å². The van der Waals surface area contributed by atoms with Crippen molar-refractivity contribution in [2.24, 2.45) is 0 Å². The molecule has 1 aliphatic rings. The van der Waals surface area contributed by atoms with Gasteiger partial charge in [-0.3, -0.25) is 4.79 Å². The van der Waals surface area contributed by atoms with Crippen LogP contribution in [0.2, 0.25) is 0 Å². The molecule has 0 spiro atoms. The van der Waals surface area contributed by atoms with E-state index in [0.29, 0.717) is 37.5 Å². The minimum absolute atomic E-state index is 0.113. The molecule has 1 heterocycles. The summed E-state index contributed by atoms with van der Waals surface area (Å²) in [5.74, 6) is 0.113. The zero-order chi connectivity index (χ0) is 20.2. The van der Waals surface area contributed by atoms with Gasteiger partial charge in [0.05, 0.1) is 4.90 Å². The number of benzene rings is 1. The first kappa shape index (κ1) is 21.9. The van der Waals surface area contributed by atoms with Gasteiger partial charge in [-0.2, -0.15) is 4.31 Å². The molecule has 6 nitrogen and oxygen atoms in total. The number of carbonyl (C=O) groups is 1. The summed E-state index contributed by atoms with van der Waals surface area (Å²) in [4.78, 5) is 16.9. The molecule has 0 N–H and O–H groups in total. The van der Waals surface area contributed by atoms with Crippen molar-refractivity contribution in [1.29, 1.82) is 0 Å². The maximum Gasteiger partial charge on any atom is 0.243 e. The number of nitrogens with zero attached hydrogens (tertiary/aromatic N) is 3. The molecule has 27 heavy (non-hydrogen) atoms. The third kappa shape index (κ3) is 5.09. The Morgan fingerprint density at radius 1 is 1.00 bits per heavy atom. The molecular formula is C20H33N3O3S. The number of amides is 1. The van der Waals surface area contributed by atoms with E-state index in [4.69, 9.17) is 0 Å². The molecule has 0 radical (unpaired) electrons. The standard InChI is InChI=1S/C20H33N3O3S/c1-6-21(7-2)9-8-19(24)22-10-12-23(13-11-22)27(25,26)20-17(4)14-16(3)15-18(20)5/h14-15H,6-13H2,1-5H3. The molecule has 1 aromatic rings. The van der Waals surface area contributed by atoms with Crippen LogP contribution in [0.3, 0.4) is 0 Å². The van der Waals surface area contributed by atoms with E-state index in [1.54, 1.807) is 4.90 Å². The average molecular weight is 396 g/mol. The summed E-state index contributed by atoms with van der Waals surface area (Å²) in [6, 6.07) is 3.82. The second kappa shape index (κ2) is 9.17. The highest BCUT2D eigenvalue weighted by Gasteiger charge is 2.32. The van der Waals surface area contributed by atoms with E-state index in [-0.39, 0.29) is 5.91 Å². The molecule has 0 aromatic heterocycles. The highest BCUT2D eigenvalue weighted by molar-refractivity contribution is 7.89. The van der Waals surface area contributed by atoms with Crippen LogP contribution in [0.5, 0.6) is 0 Å². The second-order valence-electron chi connectivity index (χ2n) is 7.29. The SMILES string of the molecule is CCN(CC)CCC(=O)N1CCN(S(=O)(=O)c2c(C)cc(C)cc2C)CC1. The van der Waals surface area contributed by atoms with Gasteiger partial charge in [0.25, 0.3) is 0 Å². The summed E-state index contributed by atoms with van der Waals surface area (Å²) >= 11 is 0. The number of piperazine rings is 1. The fraction of sp³-hybridized carbons (Fsp3) is 0.650. The van der Waals surface area contributed by atoms with Gasteiger partial charge in [-0.15, -0.1) is 0 Å². The Balaban J connectivity index is 2.02. The van der Waals surface area contributed by atoms with Gasteiger partial charge in [0.15, 0.2) is 0 Å². The van der Waals surface area contributed by atoms with Gasteiger partial charge in [0.2, 0.25) is 15.9 Å². The minimum Gasteiger partial charge on any atom is -0.340 e. The largest absolute Gasteiger partial charge is 0.340 e. The van der Waals surface area contributed by atoms with Crippen molar-refractivity contribution < 1.29 is 13.2 Å². The first-order chi connectivity index (χ1) is 12.7. The third-order valence-corrected chi connectivity index (χ3v) is 7.54. The molecule has 1 aliphatic heterocycles. The first-order valence-electron chi connectivity index (χ1n) is 9.78. The van der Waals surface area contributed by atoms with Gasteiger partial charge >= 0.3 is 0 Å². The van der Waals surface area contributed by atoms with Crippen LogP contribution < -0.4 is 0 Å². The molecule has 1 amide bonds. The average Bonchev–Trinajstić information content (AvgIpc) is 2.61. The molecule has 0 unspecified atom stereocenters. The number of aryl methyl sites for hydroxylation is 3. The first-order valence-corrected chi connectivity index (χ1v) is 11.2. The molecular weight excluding hydrogens is 362 g/mol. The maximum atomic E-state index is 13.1. The minimum atomic E-state index is -3.54. The smallest absolute Gasteiger partial charge is 0.243 e. The zero-order valence-corrected chi connectivity index (χ0v) is 18.1. The molecule has 152 valence electrons. The van der Waals surface area contributed by atoms with E-state index in [9.17, 15) is 13.2 Å². The van der Waals surface area contributed by atoms with E-state index in [1.807, 2.05) is 32.9 Å². The fourth-order valence-electron chi connectivity index (χ4n) is 3.83. The van der Waals surface area contributed by atoms with Crippen LogP contribution in [0.15, 0.2) is 17.0 Å². The number of hydrogen-bond acceptors (Lipinski definition) is 4. The lowest BCUT2D eigenvalue weighted by molar-refractivity contribution is -0.132. The molecule has 1 fully saturated rings. The van der Waals surface area contributed by atoms with Crippen LogP contribution in [0.1, 0.15) is 37.0 Å². The van der Waals surface area contributed by atoms with E-state index in [2.05, 4.69) is 18.7 Å². The van der Waals surface area contributed by atoms with E-state index in [0.717, 1.165) is 36.3 Å². The van der Waals surface area contributed by atoms with Gasteiger partial charge in [0, 0.05) is 39.1 Å². The van der Waals surface area contributed by atoms with Crippen LogP contribution in [0.4, 0.5) is 0 Å². The summed E-state index contributed by atoms with van der Waals surface area (Å²) in [7, 11) is -3.54. The predicted octanol–water partition coefficient (Wildman–Crippen LogP) is 2.18. The van der Waals surface area contributed by atoms with Crippen LogP contribution in [0, 0.1) is 20.8 Å². The van der Waals surface area contributed by atoms with Gasteiger partial charge in [-0.25, -0.2) is 8.42 Å². The third-order valence-electron chi connectivity index (χ3n) is 5.33. The lowest BCUT2D eigenvalue weighted by atomic mass is 10.1. The number of sulfonamides is 1. The Hall–Kier alpha value is -1.44. The monoisotopic (exact) mass is 395 g/mol. The number of hydrogen-bond donors (Lipinski definition) is 0. The van der Waals surface area contributed by atoms with Crippen molar-refractivity contribution in [2.75, 3.05) is 45.8 Å². The quantitative estimate of drug-likeness (QED) is 0.710. The van der Waals surface area contributed by atoms with Crippen molar-refractivity contribution in [3.63, 3.8) is 0 Å². The van der Waals surface area contributed by atoms with Crippen LogP contribution in [0.25, 0.3) is 0 Å². The Morgan fingerprint density at radius 3 is 2.00 bits per heavy atom. The van der Waals surface area contributed by atoms with Gasteiger partial charge in [-0.05, 0) is 45.0 Å². The Morgan fingerprint density at radius 2 is 1.52 bits per heavy atom. The highest BCUT2D eigenvalue weighted by Crippen LogP contribution is 2.26. The van der Waals surface area contributed by atoms with Crippen molar-refractivity contribution in [3.8, 4) is 0 Å². The van der Waals surface area contributed by atoms with E-state index >= 15 is 0 Å². The summed E-state index contributed by atoms with van der Waals surface area (Å²) in [5, 5.41) is 0. The Kier molecular flexibility index (Phi) is 7.42. The van der Waals surface area contributed by atoms with Crippen LogP contribution in [-0.2, 0) is 14.8 Å². The summed E-state index contributed by atoms with van der Waals surface area (Å²) in [6.07, 6.45) is 0.491. The maximum absolute atomic E-state index is 13.1. The van der Waals surface area contributed by atoms with Crippen LogP contribution in [-0.4, -0.2) is 74.2 Å². The van der Waals surface area contributed by atoms with Gasteiger partial charge in [-0.1, -0.05) is 31.5 Å². The summed E-state index contributed by atoms with van der Waals surface area (Å²) in [6.45, 7) is 14.1. The lowest BCUT2D eigenvalue weighted by Gasteiger charge is -2.35. The predicted molar refractivity (Wildman–Crippen MR) is 108 cm³/mol. The van der Waals surface area contributed by atoms with Gasteiger partial charge in [0.1, 0.15) is 0 Å². The molecule has 2 rings (SSSR count). The van der Waals surface area contributed by atoms with Crippen molar-refractivity contribution in [2.45, 2.75) is 45.9 Å². The van der Waals surface area contributed by atoms with Crippen molar-refractivity contribution >= 4 is 15.9 Å². The Bertz CT molecular complexity index is 742. The number of carbonyl (C=O) groups excluding carboxylic acids is 1. The lowest BCUT2D eigenvalue weighted by Crippen LogP contribution is -2.51. The Labute approximate surface area is 164 Å².